The predicted octanol–water partition coefficient (Wildman–Crippen LogP) is 11.2. The van der Waals surface area contributed by atoms with E-state index in [1.165, 1.54) is 148 Å². The smallest absolute Gasteiger partial charge is 0.308 e. The van der Waals surface area contributed by atoms with Gasteiger partial charge in [0.2, 0.25) is 0 Å². The monoisotopic (exact) mass is 480 g/mol. The van der Waals surface area contributed by atoms with Crippen molar-refractivity contribution >= 4 is 5.97 Å². The summed E-state index contributed by atoms with van der Waals surface area (Å²) >= 11 is 0. The van der Waals surface area contributed by atoms with Crippen LogP contribution >= 0.6 is 0 Å². The fourth-order valence-corrected chi connectivity index (χ4v) is 4.96. The Hall–Kier alpha value is -0.530. The van der Waals surface area contributed by atoms with E-state index in [4.69, 9.17) is 4.74 Å². The maximum absolute atomic E-state index is 12.6. The van der Waals surface area contributed by atoms with Crippen LogP contribution in [0.25, 0.3) is 0 Å². The Balaban J connectivity index is 3.91. The largest absolute Gasteiger partial charge is 0.465 e. The van der Waals surface area contributed by atoms with E-state index in [1.54, 1.807) is 0 Å². The molecule has 2 unspecified atom stereocenters. The number of esters is 1. The first-order chi connectivity index (χ1) is 16.7. The third-order valence-electron chi connectivity index (χ3n) is 7.54. The second kappa shape index (κ2) is 27.1. The minimum atomic E-state index is 0.0496. The Labute approximate surface area is 215 Å². The molecule has 0 heterocycles. The Bertz CT molecular complexity index is 406. The molecule has 0 saturated carbocycles. The second-order valence-corrected chi connectivity index (χ2v) is 11.1. The van der Waals surface area contributed by atoms with Crippen molar-refractivity contribution in [1.82, 2.24) is 0 Å². The lowest BCUT2D eigenvalue weighted by Crippen LogP contribution is -2.20. The number of ether oxygens (including phenoxy) is 1. The summed E-state index contributed by atoms with van der Waals surface area (Å²) in [6.45, 7) is 9.56. The lowest BCUT2D eigenvalue weighted by Gasteiger charge is -2.19. The van der Waals surface area contributed by atoms with E-state index < -0.39 is 0 Å². The lowest BCUT2D eigenvalue weighted by atomic mass is 9.95. The highest BCUT2D eigenvalue weighted by Gasteiger charge is 2.17. The van der Waals surface area contributed by atoms with Gasteiger partial charge in [-0.2, -0.15) is 0 Å². The van der Waals surface area contributed by atoms with Crippen molar-refractivity contribution in [3.8, 4) is 0 Å². The maximum Gasteiger partial charge on any atom is 0.308 e. The van der Waals surface area contributed by atoms with Crippen molar-refractivity contribution < 1.29 is 9.53 Å². The number of rotatable bonds is 27. The van der Waals surface area contributed by atoms with Crippen LogP contribution in [-0.4, -0.2) is 12.6 Å². The quantitative estimate of drug-likeness (QED) is 0.0862. The molecule has 2 nitrogen and oxygen atoms in total. The third-order valence-corrected chi connectivity index (χ3v) is 7.54. The number of carbonyl (C=O) groups is 1. The first-order valence-electron chi connectivity index (χ1n) is 15.8. The Morgan fingerprint density at radius 2 is 0.824 bits per heavy atom. The summed E-state index contributed by atoms with van der Waals surface area (Å²) in [6, 6.07) is 0. The topological polar surface area (TPSA) is 26.3 Å². The number of unbranched alkanes of at least 4 members (excludes halogenated alkanes) is 18. The Kier molecular flexibility index (Phi) is 26.6. The van der Waals surface area contributed by atoms with Gasteiger partial charge in [0, 0.05) is 0 Å². The van der Waals surface area contributed by atoms with E-state index in [1.807, 2.05) is 0 Å². The van der Waals surface area contributed by atoms with Crippen molar-refractivity contribution in [3.63, 3.8) is 0 Å². The van der Waals surface area contributed by atoms with Crippen LogP contribution in [-0.2, 0) is 9.53 Å². The normalized spacial score (nSPS) is 13.2. The third kappa shape index (κ3) is 23.2. The first-order valence-corrected chi connectivity index (χ1v) is 15.8. The van der Waals surface area contributed by atoms with E-state index in [9.17, 15) is 4.79 Å². The van der Waals surface area contributed by atoms with Crippen LogP contribution < -0.4 is 0 Å². The van der Waals surface area contributed by atoms with Gasteiger partial charge in [-0.05, 0) is 25.2 Å². The van der Waals surface area contributed by atoms with Crippen molar-refractivity contribution in [1.29, 1.82) is 0 Å². The molecule has 0 aromatic heterocycles. The SMILES string of the molecule is CCCCCCCCCCCCCC(C)C(=O)OCC(CCCCCC)CCCCCCCC. The predicted molar refractivity (Wildman–Crippen MR) is 151 cm³/mol. The van der Waals surface area contributed by atoms with Crippen molar-refractivity contribution in [3.05, 3.63) is 0 Å². The molecule has 0 rings (SSSR count). The van der Waals surface area contributed by atoms with Gasteiger partial charge < -0.3 is 4.74 Å². The van der Waals surface area contributed by atoms with Crippen molar-refractivity contribution in [2.75, 3.05) is 6.61 Å². The van der Waals surface area contributed by atoms with E-state index in [-0.39, 0.29) is 11.9 Å². The summed E-state index contributed by atoms with van der Waals surface area (Å²) in [5, 5.41) is 0. The average molecular weight is 481 g/mol. The van der Waals surface area contributed by atoms with Crippen LogP contribution in [0.1, 0.15) is 182 Å². The molecule has 0 saturated heterocycles. The molecule has 0 aliphatic carbocycles. The average Bonchev–Trinajstić information content (AvgIpc) is 2.84. The molecule has 0 radical (unpaired) electrons. The molecule has 0 spiro atoms. The van der Waals surface area contributed by atoms with E-state index in [0.717, 1.165) is 6.42 Å². The molecule has 0 N–H and O–H groups in total. The summed E-state index contributed by atoms with van der Waals surface area (Å²) in [5.74, 6) is 0.683. The van der Waals surface area contributed by atoms with Gasteiger partial charge in [-0.1, -0.05) is 163 Å². The fraction of sp³-hybridized carbons (Fsp3) is 0.969. The number of hydrogen-bond donors (Lipinski definition) is 0. The summed E-state index contributed by atoms with van der Waals surface area (Å²) in [5.41, 5.74) is 0. The molecule has 0 aliphatic heterocycles. The van der Waals surface area contributed by atoms with Gasteiger partial charge in [-0.3, -0.25) is 4.79 Å². The van der Waals surface area contributed by atoms with E-state index >= 15 is 0 Å². The molecule has 0 fully saturated rings. The second-order valence-electron chi connectivity index (χ2n) is 11.1. The van der Waals surface area contributed by atoms with Gasteiger partial charge in [0.15, 0.2) is 0 Å². The fourth-order valence-electron chi connectivity index (χ4n) is 4.96. The zero-order valence-corrected chi connectivity index (χ0v) is 24.1. The molecule has 34 heavy (non-hydrogen) atoms. The van der Waals surface area contributed by atoms with Gasteiger partial charge in [0.05, 0.1) is 12.5 Å². The highest BCUT2D eigenvalue weighted by atomic mass is 16.5. The van der Waals surface area contributed by atoms with Crippen LogP contribution in [0, 0.1) is 11.8 Å². The van der Waals surface area contributed by atoms with Gasteiger partial charge in [0.25, 0.3) is 0 Å². The van der Waals surface area contributed by atoms with Crippen LogP contribution in [0.5, 0.6) is 0 Å². The first kappa shape index (κ1) is 33.5. The van der Waals surface area contributed by atoms with Gasteiger partial charge in [0.1, 0.15) is 0 Å². The number of hydrogen-bond acceptors (Lipinski definition) is 2. The summed E-state index contributed by atoms with van der Waals surface area (Å²) in [7, 11) is 0. The molecule has 0 aromatic rings. The van der Waals surface area contributed by atoms with Crippen LogP contribution in [0.2, 0.25) is 0 Å². The van der Waals surface area contributed by atoms with Gasteiger partial charge in [-0.15, -0.1) is 0 Å². The Morgan fingerprint density at radius 1 is 0.500 bits per heavy atom. The minimum Gasteiger partial charge on any atom is -0.465 e. The van der Waals surface area contributed by atoms with Gasteiger partial charge >= 0.3 is 5.97 Å². The van der Waals surface area contributed by atoms with Crippen LogP contribution in [0.3, 0.4) is 0 Å². The maximum atomic E-state index is 12.6. The zero-order chi connectivity index (χ0) is 25.1. The Morgan fingerprint density at radius 3 is 1.24 bits per heavy atom. The standard InChI is InChI=1S/C32H64O2/c1-5-8-11-14-16-17-18-19-20-21-23-26-30(4)32(33)34-29-31(27-24-13-10-7-3)28-25-22-15-12-9-6-2/h30-31H,5-29H2,1-4H3. The molecule has 2 atom stereocenters. The molecule has 0 amide bonds. The highest BCUT2D eigenvalue weighted by molar-refractivity contribution is 5.71. The summed E-state index contributed by atoms with van der Waals surface area (Å²) < 4.78 is 5.83. The van der Waals surface area contributed by atoms with Crippen LogP contribution in [0.15, 0.2) is 0 Å². The summed E-state index contributed by atoms with van der Waals surface area (Å²) in [6.07, 6.45) is 31.7. The van der Waals surface area contributed by atoms with E-state index in [2.05, 4.69) is 27.7 Å². The van der Waals surface area contributed by atoms with Crippen LogP contribution in [0.4, 0.5) is 0 Å². The minimum absolute atomic E-state index is 0.0496. The zero-order valence-electron chi connectivity index (χ0n) is 24.1. The van der Waals surface area contributed by atoms with Crippen molar-refractivity contribution in [2.45, 2.75) is 182 Å². The molecule has 2 heteroatoms. The molecule has 204 valence electrons. The molecule has 0 bridgehead atoms. The van der Waals surface area contributed by atoms with Gasteiger partial charge in [-0.25, -0.2) is 0 Å². The molecular formula is C32H64O2. The molecule has 0 aliphatic rings. The number of carbonyl (C=O) groups excluding carboxylic acids is 1. The molecular weight excluding hydrogens is 416 g/mol. The summed E-state index contributed by atoms with van der Waals surface area (Å²) in [4.78, 5) is 12.6. The van der Waals surface area contributed by atoms with E-state index in [0.29, 0.717) is 12.5 Å². The highest BCUT2D eigenvalue weighted by Crippen LogP contribution is 2.21. The molecule has 0 aromatic carbocycles. The van der Waals surface area contributed by atoms with Crippen molar-refractivity contribution in [2.24, 2.45) is 11.8 Å². The lowest BCUT2D eigenvalue weighted by molar-refractivity contribution is -0.149.